The van der Waals surface area contributed by atoms with Gasteiger partial charge < -0.3 is 5.32 Å². The molecule has 1 aliphatic heterocycles. The van der Waals surface area contributed by atoms with Crippen LogP contribution in [0.1, 0.15) is 30.9 Å². The van der Waals surface area contributed by atoms with Gasteiger partial charge >= 0.3 is 0 Å². The number of fused-ring (bicyclic) bond motifs is 1. The molecule has 0 amide bonds. The summed E-state index contributed by atoms with van der Waals surface area (Å²) in [5.74, 6) is 0. The van der Waals surface area contributed by atoms with Gasteiger partial charge in [-0.3, -0.25) is 0 Å². The van der Waals surface area contributed by atoms with Crippen molar-refractivity contribution in [2.75, 3.05) is 6.54 Å². The molecule has 2 aromatic carbocycles. The SMILES string of the molecule is c1ccc(-c2cc([C@@H]3CCCC[NH2+]3)c3ccccc3n2)cc1. The number of pyridine rings is 1. The van der Waals surface area contributed by atoms with E-state index in [0.29, 0.717) is 6.04 Å². The molecule has 3 aromatic rings. The standard InChI is InChI=1S/C20H20N2/c1-2-8-15(9-3-1)20-14-17(18-11-6-7-13-21-18)16-10-4-5-12-19(16)22-20/h1-5,8-10,12,14,18,21H,6-7,11,13H2/p+1/t18-/m0/s1. The minimum atomic E-state index is 0.573. The quantitative estimate of drug-likeness (QED) is 0.766. The van der Waals surface area contributed by atoms with Gasteiger partial charge in [-0.25, -0.2) is 4.98 Å². The van der Waals surface area contributed by atoms with E-state index < -0.39 is 0 Å². The maximum Gasteiger partial charge on any atom is 0.112 e. The van der Waals surface area contributed by atoms with Crippen LogP contribution in [-0.4, -0.2) is 11.5 Å². The third-order valence-electron chi connectivity index (χ3n) is 4.64. The second-order valence-corrected chi connectivity index (χ2v) is 6.11. The Hall–Kier alpha value is -2.19. The van der Waals surface area contributed by atoms with Crippen LogP contribution in [0, 0.1) is 0 Å². The average molecular weight is 289 g/mol. The molecule has 110 valence electrons. The van der Waals surface area contributed by atoms with Crippen molar-refractivity contribution in [1.29, 1.82) is 0 Å². The number of para-hydroxylation sites is 1. The number of piperidine rings is 1. The number of nitrogens with two attached hydrogens (primary N) is 1. The molecule has 2 nitrogen and oxygen atoms in total. The summed E-state index contributed by atoms with van der Waals surface area (Å²) in [6.45, 7) is 1.24. The first-order valence-electron chi connectivity index (χ1n) is 8.20. The fourth-order valence-corrected chi connectivity index (χ4v) is 3.49. The van der Waals surface area contributed by atoms with Gasteiger partial charge in [-0.1, -0.05) is 48.5 Å². The molecule has 0 bridgehead atoms. The largest absolute Gasteiger partial charge is 0.340 e. The fraction of sp³-hybridized carbons (Fsp3) is 0.250. The van der Waals surface area contributed by atoms with Gasteiger partial charge in [0.2, 0.25) is 0 Å². The highest BCUT2D eigenvalue weighted by Gasteiger charge is 2.21. The first-order chi connectivity index (χ1) is 10.9. The van der Waals surface area contributed by atoms with Gasteiger partial charge in [0, 0.05) is 22.9 Å². The van der Waals surface area contributed by atoms with Crippen molar-refractivity contribution in [3.63, 3.8) is 0 Å². The zero-order chi connectivity index (χ0) is 14.8. The molecular weight excluding hydrogens is 268 g/mol. The van der Waals surface area contributed by atoms with E-state index in [4.69, 9.17) is 4.98 Å². The highest BCUT2D eigenvalue weighted by molar-refractivity contribution is 5.85. The highest BCUT2D eigenvalue weighted by Crippen LogP contribution is 2.29. The first-order valence-corrected chi connectivity index (χ1v) is 8.20. The van der Waals surface area contributed by atoms with Crippen LogP contribution in [0.2, 0.25) is 0 Å². The predicted molar refractivity (Wildman–Crippen MR) is 90.6 cm³/mol. The smallest absolute Gasteiger partial charge is 0.112 e. The van der Waals surface area contributed by atoms with Crippen molar-refractivity contribution in [2.24, 2.45) is 0 Å². The maximum atomic E-state index is 4.89. The van der Waals surface area contributed by atoms with Gasteiger partial charge in [-0.2, -0.15) is 0 Å². The molecule has 4 rings (SSSR count). The van der Waals surface area contributed by atoms with E-state index in [1.165, 1.54) is 42.3 Å². The lowest BCUT2D eigenvalue weighted by Gasteiger charge is -2.22. The summed E-state index contributed by atoms with van der Waals surface area (Å²) >= 11 is 0. The van der Waals surface area contributed by atoms with Crippen molar-refractivity contribution in [1.82, 2.24) is 4.98 Å². The Morgan fingerprint density at radius 3 is 2.55 bits per heavy atom. The van der Waals surface area contributed by atoms with Crippen LogP contribution >= 0.6 is 0 Å². The Morgan fingerprint density at radius 2 is 1.73 bits per heavy atom. The Balaban J connectivity index is 1.89. The average Bonchev–Trinajstić information content (AvgIpc) is 2.62. The van der Waals surface area contributed by atoms with Crippen molar-refractivity contribution in [2.45, 2.75) is 25.3 Å². The van der Waals surface area contributed by atoms with Gasteiger partial charge in [0.1, 0.15) is 6.04 Å². The Kier molecular flexibility index (Phi) is 3.61. The predicted octanol–water partition coefficient (Wildman–Crippen LogP) is 3.69. The van der Waals surface area contributed by atoms with E-state index in [-0.39, 0.29) is 0 Å². The van der Waals surface area contributed by atoms with E-state index in [1.54, 1.807) is 0 Å². The molecule has 2 heteroatoms. The number of hydrogen-bond acceptors (Lipinski definition) is 1. The van der Waals surface area contributed by atoms with Crippen LogP contribution in [0.15, 0.2) is 60.7 Å². The molecule has 2 N–H and O–H groups in total. The lowest BCUT2D eigenvalue weighted by atomic mass is 9.93. The van der Waals surface area contributed by atoms with Crippen LogP contribution in [0.25, 0.3) is 22.2 Å². The molecule has 0 saturated carbocycles. The molecule has 0 unspecified atom stereocenters. The molecular formula is C20H21N2+. The third kappa shape index (κ3) is 2.51. The number of aromatic nitrogens is 1. The van der Waals surface area contributed by atoms with Gasteiger partial charge in [0.25, 0.3) is 0 Å². The fourth-order valence-electron chi connectivity index (χ4n) is 3.49. The lowest BCUT2D eigenvalue weighted by molar-refractivity contribution is -0.703. The van der Waals surface area contributed by atoms with E-state index in [2.05, 4.69) is 66.0 Å². The number of hydrogen-bond donors (Lipinski definition) is 1. The number of quaternary nitrogens is 1. The van der Waals surface area contributed by atoms with E-state index >= 15 is 0 Å². The summed E-state index contributed by atoms with van der Waals surface area (Å²) in [6, 6.07) is 21.9. The van der Waals surface area contributed by atoms with E-state index in [9.17, 15) is 0 Å². The second-order valence-electron chi connectivity index (χ2n) is 6.11. The summed E-state index contributed by atoms with van der Waals surface area (Å²) in [5, 5.41) is 3.81. The maximum absolute atomic E-state index is 4.89. The van der Waals surface area contributed by atoms with Gasteiger partial charge in [-0.15, -0.1) is 0 Å². The molecule has 1 saturated heterocycles. The minimum absolute atomic E-state index is 0.573. The second kappa shape index (κ2) is 5.90. The molecule has 2 heterocycles. The van der Waals surface area contributed by atoms with Crippen LogP contribution in [0.3, 0.4) is 0 Å². The molecule has 1 atom stereocenters. The summed E-state index contributed by atoms with van der Waals surface area (Å²) in [7, 11) is 0. The molecule has 1 aromatic heterocycles. The zero-order valence-electron chi connectivity index (χ0n) is 12.7. The molecule has 0 aliphatic carbocycles. The monoisotopic (exact) mass is 289 g/mol. The number of nitrogens with zero attached hydrogens (tertiary/aromatic N) is 1. The van der Waals surface area contributed by atoms with Crippen molar-refractivity contribution in [3.8, 4) is 11.3 Å². The third-order valence-corrected chi connectivity index (χ3v) is 4.64. The summed E-state index contributed by atoms with van der Waals surface area (Å²) in [6.07, 6.45) is 3.94. The van der Waals surface area contributed by atoms with E-state index in [1.807, 2.05) is 0 Å². The Morgan fingerprint density at radius 1 is 0.909 bits per heavy atom. The Labute approximate surface area is 131 Å². The molecule has 1 fully saturated rings. The first kappa shape index (κ1) is 13.5. The van der Waals surface area contributed by atoms with Crippen LogP contribution in [0.4, 0.5) is 0 Å². The van der Waals surface area contributed by atoms with Crippen LogP contribution in [0.5, 0.6) is 0 Å². The van der Waals surface area contributed by atoms with Crippen molar-refractivity contribution in [3.05, 3.63) is 66.2 Å². The van der Waals surface area contributed by atoms with Gasteiger partial charge in [-0.05, 0) is 25.0 Å². The normalized spacial score (nSPS) is 18.5. The molecule has 0 spiro atoms. The van der Waals surface area contributed by atoms with Crippen molar-refractivity contribution >= 4 is 10.9 Å². The van der Waals surface area contributed by atoms with Crippen molar-refractivity contribution < 1.29 is 5.32 Å². The topological polar surface area (TPSA) is 29.5 Å². The number of benzene rings is 2. The minimum Gasteiger partial charge on any atom is -0.340 e. The van der Waals surface area contributed by atoms with Crippen LogP contribution < -0.4 is 5.32 Å². The summed E-state index contributed by atoms with van der Waals surface area (Å²) in [4.78, 5) is 4.89. The zero-order valence-corrected chi connectivity index (χ0v) is 12.7. The summed E-state index contributed by atoms with van der Waals surface area (Å²) < 4.78 is 0. The lowest BCUT2D eigenvalue weighted by Crippen LogP contribution is -2.86. The number of rotatable bonds is 2. The van der Waals surface area contributed by atoms with Gasteiger partial charge in [0.05, 0.1) is 17.8 Å². The summed E-state index contributed by atoms with van der Waals surface area (Å²) in [5.41, 5.74) is 4.85. The van der Waals surface area contributed by atoms with E-state index in [0.717, 1.165) is 11.2 Å². The van der Waals surface area contributed by atoms with Crippen LogP contribution in [-0.2, 0) is 0 Å². The molecule has 0 radical (unpaired) electrons. The Bertz CT molecular complexity index is 774. The highest BCUT2D eigenvalue weighted by atomic mass is 14.9. The molecule has 22 heavy (non-hydrogen) atoms. The molecule has 1 aliphatic rings. The van der Waals surface area contributed by atoms with Gasteiger partial charge in [0.15, 0.2) is 0 Å².